The van der Waals surface area contributed by atoms with Gasteiger partial charge in [-0.05, 0) is 24.0 Å². The number of hydrogen-bond donors (Lipinski definition) is 2. The summed E-state index contributed by atoms with van der Waals surface area (Å²) in [5.41, 5.74) is 2.19. The summed E-state index contributed by atoms with van der Waals surface area (Å²) in [4.78, 5) is 0. The molecule has 1 aromatic rings. The first-order valence-corrected chi connectivity index (χ1v) is 6.17. The average Bonchev–Trinajstić information content (AvgIpc) is 2.36. The lowest BCUT2D eigenvalue weighted by Crippen LogP contribution is -2.37. The van der Waals surface area contributed by atoms with Crippen molar-refractivity contribution in [2.45, 2.75) is 38.7 Å². The lowest BCUT2D eigenvalue weighted by molar-refractivity contribution is -0.0490. The van der Waals surface area contributed by atoms with E-state index in [4.69, 9.17) is 5.11 Å². The van der Waals surface area contributed by atoms with Crippen LogP contribution in [0.4, 0.5) is 8.78 Å². The molecule has 18 heavy (non-hydrogen) atoms. The zero-order chi connectivity index (χ0) is 13.8. The molecule has 2 nitrogen and oxygen atoms in total. The maximum atomic E-state index is 12.9. The summed E-state index contributed by atoms with van der Waals surface area (Å²) in [7, 11) is 0. The molecule has 0 saturated carbocycles. The first-order chi connectivity index (χ1) is 8.35. The minimum absolute atomic E-state index is 0.163. The minimum Gasteiger partial charge on any atom is -0.390 e. The summed E-state index contributed by atoms with van der Waals surface area (Å²) in [6, 6.07) is 7.77. The van der Waals surface area contributed by atoms with Crippen LogP contribution >= 0.6 is 0 Å². The lowest BCUT2D eigenvalue weighted by atomic mass is 9.99. The van der Waals surface area contributed by atoms with E-state index in [1.165, 1.54) is 5.56 Å². The second-order valence-electron chi connectivity index (χ2n) is 4.94. The van der Waals surface area contributed by atoms with Gasteiger partial charge in [0.15, 0.2) is 0 Å². The molecule has 2 N–H and O–H groups in total. The van der Waals surface area contributed by atoms with Gasteiger partial charge in [0.05, 0.1) is 6.54 Å². The van der Waals surface area contributed by atoms with Gasteiger partial charge >= 0.3 is 0 Å². The number of benzene rings is 1. The third kappa shape index (κ3) is 4.35. The van der Waals surface area contributed by atoms with Crippen molar-refractivity contribution in [1.82, 2.24) is 5.32 Å². The predicted molar refractivity (Wildman–Crippen MR) is 69.0 cm³/mol. The largest absolute Gasteiger partial charge is 0.390 e. The van der Waals surface area contributed by atoms with E-state index in [2.05, 4.69) is 19.2 Å². The Morgan fingerprint density at radius 1 is 1.11 bits per heavy atom. The Morgan fingerprint density at radius 2 is 1.61 bits per heavy atom. The second-order valence-corrected chi connectivity index (χ2v) is 4.94. The Hall–Kier alpha value is -1.00. The molecule has 102 valence electrons. The molecule has 1 rings (SSSR count). The third-order valence-electron chi connectivity index (χ3n) is 3.00. The molecule has 0 spiro atoms. The number of aliphatic hydroxyl groups excluding tert-OH is 1. The molecule has 0 bridgehead atoms. The first-order valence-electron chi connectivity index (χ1n) is 6.17. The van der Waals surface area contributed by atoms with Crippen molar-refractivity contribution < 1.29 is 13.9 Å². The molecule has 0 aliphatic heterocycles. The highest BCUT2D eigenvalue weighted by Crippen LogP contribution is 2.19. The molecule has 0 amide bonds. The van der Waals surface area contributed by atoms with Gasteiger partial charge in [-0.15, -0.1) is 0 Å². The molecule has 4 heteroatoms. The Bertz CT molecular complexity index is 363. The fourth-order valence-corrected chi connectivity index (χ4v) is 1.65. The third-order valence-corrected chi connectivity index (χ3v) is 3.00. The van der Waals surface area contributed by atoms with Gasteiger partial charge < -0.3 is 10.4 Å². The van der Waals surface area contributed by atoms with Crippen LogP contribution in [0, 0.1) is 0 Å². The van der Waals surface area contributed by atoms with Crippen LogP contribution in [-0.4, -0.2) is 24.2 Å². The van der Waals surface area contributed by atoms with E-state index in [1.807, 2.05) is 31.2 Å². The van der Waals surface area contributed by atoms with Crippen LogP contribution in [0.3, 0.4) is 0 Å². The molecular formula is C14H21F2NO. The van der Waals surface area contributed by atoms with Gasteiger partial charge in [0.2, 0.25) is 0 Å². The van der Waals surface area contributed by atoms with Crippen molar-refractivity contribution in [3.05, 3.63) is 35.4 Å². The number of hydrogen-bond acceptors (Lipinski definition) is 2. The van der Waals surface area contributed by atoms with Crippen LogP contribution in [0.5, 0.6) is 0 Å². The van der Waals surface area contributed by atoms with Crippen LogP contribution in [0.15, 0.2) is 24.3 Å². The molecule has 0 radical (unpaired) electrons. The molecule has 0 aliphatic carbocycles. The number of halogens is 2. The highest BCUT2D eigenvalue weighted by atomic mass is 19.3. The quantitative estimate of drug-likeness (QED) is 0.820. The summed E-state index contributed by atoms with van der Waals surface area (Å²) in [6.07, 6.45) is 0. The van der Waals surface area contributed by atoms with E-state index in [0.29, 0.717) is 5.92 Å². The van der Waals surface area contributed by atoms with Crippen molar-refractivity contribution in [2.75, 3.05) is 13.2 Å². The Kier molecular flexibility index (Phi) is 5.23. The van der Waals surface area contributed by atoms with Gasteiger partial charge in [-0.25, -0.2) is 8.78 Å². The van der Waals surface area contributed by atoms with E-state index in [1.54, 1.807) is 0 Å². The zero-order valence-electron chi connectivity index (χ0n) is 11.1. The van der Waals surface area contributed by atoms with E-state index >= 15 is 0 Å². The van der Waals surface area contributed by atoms with Crippen molar-refractivity contribution in [3.63, 3.8) is 0 Å². The van der Waals surface area contributed by atoms with Gasteiger partial charge in [0.25, 0.3) is 5.92 Å². The summed E-state index contributed by atoms with van der Waals surface area (Å²) in [6.45, 7) is 4.41. The predicted octanol–water partition coefficient (Wildman–Crippen LogP) is 3.09. The Labute approximate surface area is 107 Å². The maximum absolute atomic E-state index is 12.9. The van der Waals surface area contributed by atoms with Gasteiger partial charge in [-0.1, -0.05) is 38.1 Å². The Balaban J connectivity index is 2.59. The van der Waals surface area contributed by atoms with Gasteiger partial charge in [-0.2, -0.15) is 0 Å². The number of aliphatic hydroxyl groups is 1. The lowest BCUT2D eigenvalue weighted by Gasteiger charge is -2.19. The molecule has 0 aromatic heterocycles. The van der Waals surface area contributed by atoms with E-state index in [0.717, 1.165) is 5.56 Å². The van der Waals surface area contributed by atoms with Gasteiger partial charge in [-0.3, -0.25) is 0 Å². The van der Waals surface area contributed by atoms with Crippen molar-refractivity contribution in [1.29, 1.82) is 0 Å². The van der Waals surface area contributed by atoms with Gasteiger partial charge in [0.1, 0.15) is 6.61 Å². The van der Waals surface area contributed by atoms with Crippen LogP contribution in [0.2, 0.25) is 0 Å². The summed E-state index contributed by atoms with van der Waals surface area (Å²) >= 11 is 0. The standard InChI is InChI=1S/C14H21F2NO/c1-10(2)12-4-6-13(7-5-12)11(3)17-8-14(15,16)9-18/h4-7,10-11,17-18H,8-9H2,1-3H3. The molecule has 0 saturated heterocycles. The number of rotatable bonds is 6. The second kappa shape index (κ2) is 6.25. The fraction of sp³-hybridized carbons (Fsp3) is 0.571. The molecular weight excluding hydrogens is 236 g/mol. The van der Waals surface area contributed by atoms with Crippen LogP contribution < -0.4 is 5.32 Å². The summed E-state index contributed by atoms with van der Waals surface area (Å²) in [5.74, 6) is -2.60. The monoisotopic (exact) mass is 257 g/mol. The first kappa shape index (κ1) is 15.1. The number of alkyl halides is 2. The van der Waals surface area contributed by atoms with E-state index in [-0.39, 0.29) is 6.04 Å². The Morgan fingerprint density at radius 3 is 2.06 bits per heavy atom. The molecule has 0 aliphatic rings. The highest BCUT2D eigenvalue weighted by molar-refractivity contribution is 5.26. The number of nitrogens with one attached hydrogen (secondary N) is 1. The van der Waals surface area contributed by atoms with Crippen LogP contribution in [-0.2, 0) is 0 Å². The van der Waals surface area contributed by atoms with Crippen molar-refractivity contribution in [2.24, 2.45) is 0 Å². The van der Waals surface area contributed by atoms with Gasteiger partial charge in [0, 0.05) is 6.04 Å². The molecule has 1 unspecified atom stereocenters. The maximum Gasteiger partial charge on any atom is 0.282 e. The minimum atomic E-state index is -3.06. The average molecular weight is 257 g/mol. The molecule has 1 aromatic carbocycles. The van der Waals surface area contributed by atoms with Crippen molar-refractivity contribution in [3.8, 4) is 0 Å². The molecule has 0 fully saturated rings. The topological polar surface area (TPSA) is 32.3 Å². The summed E-state index contributed by atoms with van der Waals surface area (Å²) < 4.78 is 25.8. The van der Waals surface area contributed by atoms with E-state index in [9.17, 15) is 8.78 Å². The SMILES string of the molecule is CC(C)c1ccc(C(C)NCC(F)(F)CO)cc1. The normalized spacial score (nSPS) is 13.9. The summed E-state index contributed by atoms with van der Waals surface area (Å²) in [5, 5.41) is 11.2. The van der Waals surface area contributed by atoms with Crippen LogP contribution in [0.1, 0.15) is 43.9 Å². The molecule has 1 atom stereocenters. The zero-order valence-corrected chi connectivity index (χ0v) is 11.1. The molecule has 0 heterocycles. The fourth-order valence-electron chi connectivity index (χ4n) is 1.65. The van der Waals surface area contributed by atoms with Crippen molar-refractivity contribution >= 4 is 0 Å². The van der Waals surface area contributed by atoms with Crippen LogP contribution in [0.25, 0.3) is 0 Å². The highest BCUT2D eigenvalue weighted by Gasteiger charge is 2.27. The van der Waals surface area contributed by atoms with E-state index < -0.39 is 19.1 Å². The smallest absolute Gasteiger partial charge is 0.282 e.